The predicted molar refractivity (Wildman–Crippen MR) is 119 cm³/mol. The zero-order valence-electron chi connectivity index (χ0n) is 16.7. The molecule has 0 aliphatic rings. The second-order valence-corrected chi connectivity index (χ2v) is 8.51. The molecule has 30 heavy (non-hydrogen) atoms. The van der Waals surface area contributed by atoms with Gasteiger partial charge in [0.25, 0.3) is 5.91 Å². The third-order valence-corrected chi connectivity index (χ3v) is 5.69. The van der Waals surface area contributed by atoms with E-state index in [9.17, 15) is 13.2 Å². The number of amides is 1. The molecule has 0 aliphatic heterocycles. The number of para-hydroxylation sites is 1. The maximum atomic E-state index is 12.8. The Morgan fingerprint density at radius 3 is 2.23 bits per heavy atom. The van der Waals surface area contributed by atoms with Gasteiger partial charge in [-0.15, -0.1) is 0 Å². The molecule has 0 saturated carbocycles. The van der Waals surface area contributed by atoms with Crippen LogP contribution in [0.25, 0.3) is 0 Å². The molecule has 6 nitrogen and oxygen atoms in total. The summed E-state index contributed by atoms with van der Waals surface area (Å²) in [6.07, 6.45) is 0.788. The SMILES string of the molecule is COCCc1ccc(NC(=O)c2ccccc2NS(=O)(=O)Cc2ccccc2)cc1. The third-order valence-electron chi connectivity index (χ3n) is 4.44. The summed E-state index contributed by atoms with van der Waals surface area (Å²) in [5, 5.41) is 2.81. The molecule has 3 aromatic rings. The van der Waals surface area contributed by atoms with E-state index < -0.39 is 15.9 Å². The Kier molecular flexibility index (Phi) is 7.21. The van der Waals surface area contributed by atoms with Crippen LogP contribution in [-0.2, 0) is 26.9 Å². The normalized spacial score (nSPS) is 11.1. The number of ether oxygens (including phenoxy) is 1. The molecule has 7 heteroatoms. The zero-order chi connectivity index (χ0) is 21.4. The Morgan fingerprint density at radius 1 is 0.867 bits per heavy atom. The molecule has 156 valence electrons. The van der Waals surface area contributed by atoms with Gasteiger partial charge in [-0.1, -0.05) is 54.6 Å². The van der Waals surface area contributed by atoms with Gasteiger partial charge in [0.15, 0.2) is 0 Å². The van der Waals surface area contributed by atoms with Crippen molar-refractivity contribution in [1.82, 2.24) is 0 Å². The minimum atomic E-state index is -3.67. The number of carbonyl (C=O) groups excluding carboxylic acids is 1. The van der Waals surface area contributed by atoms with E-state index in [1.165, 1.54) is 0 Å². The van der Waals surface area contributed by atoms with Crippen molar-refractivity contribution in [2.45, 2.75) is 12.2 Å². The average Bonchev–Trinajstić information content (AvgIpc) is 2.73. The Balaban J connectivity index is 1.72. The van der Waals surface area contributed by atoms with E-state index >= 15 is 0 Å². The van der Waals surface area contributed by atoms with Gasteiger partial charge in [0.05, 0.1) is 23.6 Å². The van der Waals surface area contributed by atoms with Crippen LogP contribution in [0.2, 0.25) is 0 Å². The summed E-state index contributed by atoms with van der Waals surface area (Å²) >= 11 is 0. The number of hydrogen-bond donors (Lipinski definition) is 2. The van der Waals surface area contributed by atoms with E-state index in [2.05, 4.69) is 10.0 Å². The van der Waals surface area contributed by atoms with Crippen LogP contribution in [0.5, 0.6) is 0 Å². The van der Waals surface area contributed by atoms with E-state index in [1.54, 1.807) is 55.6 Å². The highest BCUT2D eigenvalue weighted by molar-refractivity contribution is 7.91. The average molecular weight is 425 g/mol. The van der Waals surface area contributed by atoms with Crippen LogP contribution in [0, 0.1) is 0 Å². The van der Waals surface area contributed by atoms with Gasteiger partial charge < -0.3 is 10.1 Å². The summed E-state index contributed by atoms with van der Waals surface area (Å²) in [5.41, 5.74) is 2.88. The summed E-state index contributed by atoms with van der Waals surface area (Å²) in [4.78, 5) is 12.8. The van der Waals surface area contributed by atoms with Gasteiger partial charge in [-0.2, -0.15) is 0 Å². The minimum absolute atomic E-state index is 0.174. The molecule has 1 amide bonds. The van der Waals surface area contributed by atoms with Gasteiger partial charge in [0.2, 0.25) is 10.0 Å². The van der Waals surface area contributed by atoms with Gasteiger partial charge in [-0.3, -0.25) is 9.52 Å². The van der Waals surface area contributed by atoms with Crippen molar-refractivity contribution in [2.24, 2.45) is 0 Å². The number of nitrogens with one attached hydrogen (secondary N) is 2. The monoisotopic (exact) mass is 424 g/mol. The van der Waals surface area contributed by atoms with E-state index in [4.69, 9.17) is 4.74 Å². The topological polar surface area (TPSA) is 84.5 Å². The number of methoxy groups -OCH3 is 1. The zero-order valence-corrected chi connectivity index (χ0v) is 17.5. The standard InChI is InChI=1S/C23H24N2O4S/c1-29-16-15-18-11-13-20(14-12-18)24-23(26)21-9-5-6-10-22(21)25-30(27,28)17-19-7-3-2-4-8-19/h2-14,25H,15-17H2,1H3,(H,24,26). The molecule has 0 atom stereocenters. The maximum absolute atomic E-state index is 12.8. The second-order valence-electron chi connectivity index (χ2n) is 6.79. The lowest BCUT2D eigenvalue weighted by Gasteiger charge is -2.13. The smallest absolute Gasteiger partial charge is 0.257 e. The predicted octanol–water partition coefficient (Wildman–Crippen LogP) is 4.07. The highest BCUT2D eigenvalue weighted by atomic mass is 32.2. The van der Waals surface area contributed by atoms with E-state index in [0.717, 1.165) is 12.0 Å². The number of benzene rings is 3. The molecular formula is C23H24N2O4S. The first-order valence-electron chi connectivity index (χ1n) is 9.49. The first kappa shape index (κ1) is 21.5. The van der Waals surface area contributed by atoms with E-state index in [0.29, 0.717) is 17.9 Å². The van der Waals surface area contributed by atoms with Gasteiger partial charge in [0.1, 0.15) is 0 Å². The number of rotatable bonds is 9. The van der Waals surface area contributed by atoms with Crippen molar-refractivity contribution in [3.8, 4) is 0 Å². The Bertz CT molecular complexity index is 1080. The van der Waals surface area contributed by atoms with Crippen LogP contribution in [0.4, 0.5) is 11.4 Å². The highest BCUT2D eigenvalue weighted by Gasteiger charge is 2.17. The number of carbonyl (C=O) groups is 1. The number of hydrogen-bond acceptors (Lipinski definition) is 4. The van der Waals surface area contributed by atoms with Crippen LogP contribution in [0.15, 0.2) is 78.9 Å². The molecule has 0 bridgehead atoms. The number of anilines is 2. The lowest BCUT2D eigenvalue weighted by atomic mass is 10.1. The molecule has 0 aliphatic carbocycles. The molecule has 3 rings (SSSR count). The van der Waals surface area contributed by atoms with Gasteiger partial charge in [-0.05, 0) is 41.8 Å². The van der Waals surface area contributed by atoms with Crippen LogP contribution < -0.4 is 10.0 Å². The molecule has 0 heterocycles. The highest BCUT2D eigenvalue weighted by Crippen LogP contribution is 2.20. The van der Waals surface area contributed by atoms with Crippen molar-refractivity contribution in [3.63, 3.8) is 0 Å². The fraction of sp³-hybridized carbons (Fsp3) is 0.174. The van der Waals surface area contributed by atoms with Crippen molar-refractivity contribution >= 4 is 27.3 Å². The summed E-state index contributed by atoms with van der Waals surface area (Å²) in [5.74, 6) is -0.565. The number of sulfonamides is 1. The summed E-state index contributed by atoms with van der Waals surface area (Å²) in [7, 11) is -2.02. The molecular weight excluding hydrogens is 400 g/mol. The van der Waals surface area contributed by atoms with Crippen LogP contribution in [0.1, 0.15) is 21.5 Å². The quantitative estimate of drug-likeness (QED) is 0.542. The fourth-order valence-electron chi connectivity index (χ4n) is 2.94. The fourth-order valence-corrected chi connectivity index (χ4v) is 4.16. The van der Waals surface area contributed by atoms with Gasteiger partial charge in [0, 0.05) is 12.8 Å². The Morgan fingerprint density at radius 2 is 1.53 bits per heavy atom. The van der Waals surface area contributed by atoms with Crippen LogP contribution in [0.3, 0.4) is 0 Å². The first-order chi connectivity index (χ1) is 14.5. The Labute approximate surface area is 177 Å². The van der Waals surface area contributed by atoms with Crippen molar-refractivity contribution < 1.29 is 17.9 Å². The maximum Gasteiger partial charge on any atom is 0.257 e. The molecule has 0 radical (unpaired) electrons. The van der Waals surface area contributed by atoms with Gasteiger partial charge >= 0.3 is 0 Å². The lowest BCUT2D eigenvalue weighted by Crippen LogP contribution is -2.19. The second kappa shape index (κ2) is 10.0. The first-order valence-corrected chi connectivity index (χ1v) is 11.1. The van der Waals surface area contributed by atoms with E-state index in [1.807, 2.05) is 30.3 Å². The summed E-state index contributed by atoms with van der Waals surface area (Å²) in [6.45, 7) is 0.627. The molecule has 0 spiro atoms. The molecule has 3 aromatic carbocycles. The minimum Gasteiger partial charge on any atom is -0.384 e. The summed E-state index contributed by atoms with van der Waals surface area (Å²) in [6, 6.07) is 22.9. The van der Waals surface area contributed by atoms with Crippen LogP contribution in [-0.4, -0.2) is 28.0 Å². The van der Waals surface area contributed by atoms with Crippen molar-refractivity contribution in [3.05, 3.63) is 95.6 Å². The van der Waals surface area contributed by atoms with Crippen molar-refractivity contribution in [2.75, 3.05) is 23.8 Å². The van der Waals surface area contributed by atoms with E-state index in [-0.39, 0.29) is 17.0 Å². The largest absolute Gasteiger partial charge is 0.384 e. The van der Waals surface area contributed by atoms with Crippen LogP contribution >= 0.6 is 0 Å². The molecule has 2 N–H and O–H groups in total. The lowest BCUT2D eigenvalue weighted by molar-refractivity contribution is 0.102. The molecule has 0 aromatic heterocycles. The summed E-state index contributed by atoms with van der Waals surface area (Å²) < 4.78 is 32.7. The Hall–Kier alpha value is -3.16. The van der Waals surface area contributed by atoms with Gasteiger partial charge in [-0.25, -0.2) is 8.42 Å². The molecule has 0 fully saturated rings. The van der Waals surface area contributed by atoms with Crippen molar-refractivity contribution in [1.29, 1.82) is 0 Å². The molecule has 0 unspecified atom stereocenters. The third kappa shape index (κ3) is 6.17. The molecule has 0 saturated heterocycles.